The Morgan fingerprint density at radius 1 is 1.67 bits per heavy atom. The molecule has 2 unspecified atom stereocenters. The van der Waals surface area contributed by atoms with E-state index in [2.05, 4.69) is 10.3 Å². The summed E-state index contributed by atoms with van der Waals surface area (Å²) in [6.07, 6.45) is 0.00568. The van der Waals surface area contributed by atoms with E-state index in [0.717, 1.165) is 0 Å². The summed E-state index contributed by atoms with van der Waals surface area (Å²) < 4.78 is 0. The minimum atomic E-state index is -0.973. The Morgan fingerprint density at radius 3 is 2.93 bits per heavy atom. The third-order valence-corrected chi connectivity index (χ3v) is 2.73. The van der Waals surface area contributed by atoms with Gasteiger partial charge in [0, 0.05) is 25.0 Å². The van der Waals surface area contributed by atoms with Gasteiger partial charge in [0.05, 0.1) is 6.10 Å². The summed E-state index contributed by atoms with van der Waals surface area (Å²) in [7, 11) is 0. The lowest BCUT2D eigenvalue weighted by Crippen LogP contribution is -2.27. The Balaban J connectivity index is 2.33. The van der Waals surface area contributed by atoms with E-state index in [1.165, 1.54) is 18.3 Å². The van der Waals surface area contributed by atoms with E-state index in [1.807, 2.05) is 0 Å². The molecular formula is C9H14N2O3S. The molecular weight excluding hydrogens is 216 g/mol. The van der Waals surface area contributed by atoms with E-state index in [4.69, 9.17) is 0 Å². The molecule has 6 heteroatoms. The quantitative estimate of drug-likeness (QED) is 0.668. The van der Waals surface area contributed by atoms with Crippen LogP contribution in [-0.4, -0.2) is 33.8 Å². The van der Waals surface area contributed by atoms with Crippen molar-refractivity contribution in [2.24, 2.45) is 0 Å². The van der Waals surface area contributed by atoms with Gasteiger partial charge in [-0.15, -0.1) is 11.3 Å². The molecule has 0 aliphatic carbocycles. The first kappa shape index (κ1) is 12.1. The van der Waals surface area contributed by atoms with Crippen LogP contribution in [0.5, 0.6) is 0 Å². The SMILES string of the molecule is CC(=O)NCCC(O)C(O)c1nccs1. The molecule has 84 valence electrons. The van der Waals surface area contributed by atoms with E-state index in [9.17, 15) is 15.0 Å². The number of aromatic nitrogens is 1. The zero-order valence-corrected chi connectivity index (χ0v) is 9.20. The molecule has 0 bridgehead atoms. The molecule has 1 aromatic rings. The van der Waals surface area contributed by atoms with Crippen LogP contribution >= 0.6 is 11.3 Å². The van der Waals surface area contributed by atoms with Gasteiger partial charge in [0.15, 0.2) is 0 Å². The molecule has 0 aromatic carbocycles. The number of aliphatic hydroxyl groups is 2. The van der Waals surface area contributed by atoms with Crippen molar-refractivity contribution >= 4 is 17.2 Å². The molecule has 0 saturated carbocycles. The van der Waals surface area contributed by atoms with Gasteiger partial charge in [-0.1, -0.05) is 0 Å². The molecule has 1 amide bonds. The standard InChI is InChI=1S/C9H14N2O3S/c1-6(12)10-3-2-7(13)8(14)9-11-4-5-15-9/h4-5,7-8,13-14H,2-3H2,1H3,(H,10,12). The number of thiazole rings is 1. The highest BCUT2D eigenvalue weighted by Crippen LogP contribution is 2.20. The van der Waals surface area contributed by atoms with Crippen LogP contribution < -0.4 is 5.32 Å². The van der Waals surface area contributed by atoms with Crippen molar-refractivity contribution in [3.05, 3.63) is 16.6 Å². The number of hydrogen-bond acceptors (Lipinski definition) is 5. The average molecular weight is 230 g/mol. The summed E-state index contributed by atoms with van der Waals surface area (Å²) in [4.78, 5) is 14.5. The van der Waals surface area contributed by atoms with Crippen LogP contribution in [0.3, 0.4) is 0 Å². The number of hydrogen-bond donors (Lipinski definition) is 3. The van der Waals surface area contributed by atoms with Gasteiger partial charge in [-0.25, -0.2) is 4.98 Å². The fourth-order valence-corrected chi connectivity index (χ4v) is 1.78. The summed E-state index contributed by atoms with van der Waals surface area (Å²) in [6, 6.07) is 0. The summed E-state index contributed by atoms with van der Waals surface area (Å²) >= 11 is 1.29. The Bertz CT molecular complexity index is 302. The van der Waals surface area contributed by atoms with Crippen LogP contribution in [0.4, 0.5) is 0 Å². The van der Waals surface area contributed by atoms with Crippen molar-refractivity contribution in [1.29, 1.82) is 0 Å². The second-order valence-electron chi connectivity index (χ2n) is 3.15. The molecule has 3 N–H and O–H groups in total. The van der Waals surface area contributed by atoms with Crippen LogP contribution in [0, 0.1) is 0 Å². The molecule has 0 spiro atoms. The van der Waals surface area contributed by atoms with Crippen molar-refractivity contribution in [2.45, 2.75) is 25.6 Å². The molecule has 0 radical (unpaired) electrons. The molecule has 1 rings (SSSR count). The van der Waals surface area contributed by atoms with Crippen LogP contribution in [0.1, 0.15) is 24.5 Å². The first-order valence-corrected chi connectivity index (χ1v) is 5.49. The van der Waals surface area contributed by atoms with Crippen molar-refractivity contribution in [2.75, 3.05) is 6.54 Å². The van der Waals surface area contributed by atoms with Gasteiger partial charge in [-0.2, -0.15) is 0 Å². The molecule has 1 aromatic heterocycles. The largest absolute Gasteiger partial charge is 0.390 e. The van der Waals surface area contributed by atoms with Gasteiger partial charge < -0.3 is 15.5 Å². The molecule has 5 nitrogen and oxygen atoms in total. The number of aliphatic hydroxyl groups excluding tert-OH is 2. The number of amides is 1. The third kappa shape index (κ3) is 3.94. The van der Waals surface area contributed by atoms with E-state index >= 15 is 0 Å². The highest BCUT2D eigenvalue weighted by molar-refractivity contribution is 7.09. The second kappa shape index (κ2) is 5.79. The van der Waals surface area contributed by atoms with E-state index in [1.54, 1.807) is 11.6 Å². The highest BCUT2D eigenvalue weighted by Gasteiger charge is 2.19. The molecule has 0 saturated heterocycles. The summed E-state index contributed by atoms with van der Waals surface area (Å²) in [5.41, 5.74) is 0. The average Bonchev–Trinajstić information content (AvgIpc) is 2.68. The van der Waals surface area contributed by atoms with Gasteiger partial charge in [-0.05, 0) is 6.42 Å². The molecule has 1 heterocycles. The summed E-state index contributed by atoms with van der Waals surface area (Å²) in [5.74, 6) is -0.147. The second-order valence-corrected chi connectivity index (χ2v) is 4.08. The van der Waals surface area contributed by atoms with E-state index in [-0.39, 0.29) is 5.91 Å². The maximum atomic E-state index is 10.6. The Labute approximate surface area is 91.8 Å². The molecule has 2 atom stereocenters. The topological polar surface area (TPSA) is 82.5 Å². The van der Waals surface area contributed by atoms with Crippen LogP contribution in [0.15, 0.2) is 11.6 Å². The fraction of sp³-hybridized carbons (Fsp3) is 0.556. The minimum Gasteiger partial charge on any atom is -0.390 e. The number of carbonyl (C=O) groups is 1. The van der Waals surface area contributed by atoms with Crippen LogP contribution in [-0.2, 0) is 4.79 Å². The van der Waals surface area contributed by atoms with Crippen molar-refractivity contribution in [3.8, 4) is 0 Å². The lowest BCUT2D eigenvalue weighted by molar-refractivity contribution is -0.119. The van der Waals surface area contributed by atoms with Crippen molar-refractivity contribution in [3.63, 3.8) is 0 Å². The third-order valence-electron chi connectivity index (χ3n) is 1.88. The predicted octanol–water partition coefficient (Wildman–Crippen LogP) is 0.0636. The minimum absolute atomic E-state index is 0.147. The van der Waals surface area contributed by atoms with Gasteiger partial charge in [0.1, 0.15) is 11.1 Å². The highest BCUT2D eigenvalue weighted by atomic mass is 32.1. The van der Waals surface area contributed by atoms with Gasteiger partial charge in [0.25, 0.3) is 0 Å². The zero-order chi connectivity index (χ0) is 11.3. The van der Waals surface area contributed by atoms with Crippen molar-refractivity contribution in [1.82, 2.24) is 10.3 Å². The van der Waals surface area contributed by atoms with E-state index in [0.29, 0.717) is 18.0 Å². The Morgan fingerprint density at radius 2 is 2.40 bits per heavy atom. The molecule has 0 fully saturated rings. The predicted molar refractivity (Wildman–Crippen MR) is 56.4 cm³/mol. The maximum absolute atomic E-state index is 10.6. The monoisotopic (exact) mass is 230 g/mol. The van der Waals surface area contributed by atoms with Gasteiger partial charge >= 0.3 is 0 Å². The molecule has 0 aliphatic rings. The van der Waals surface area contributed by atoms with Crippen molar-refractivity contribution < 1.29 is 15.0 Å². The number of nitrogens with zero attached hydrogens (tertiary/aromatic N) is 1. The summed E-state index contributed by atoms with van der Waals surface area (Å²) in [6.45, 7) is 1.75. The molecule has 0 aliphatic heterocycles. The van der Waals surface area contributed by atoms with Gasteiger partial charge in [-0.3, -0.25) is 4.79 Å². The first-order chi connectivity index (χ1) is 7.11. The Hall–Kier alpha value is -0.980. The normalized spacial score (nSPS) is 14.6. The number of carbonyl (C=O) groups excluding carboxylic acids is 1. The van der Waals surface area contributed by atoms with Crippen LogP contribution in [0.2, 0.25) is 0 Å². The van der Waals surface area contributed by atoms with Crippen LogP contribution in [0.25, 0.3) is 0 Å². The maximum Gasteiger partial charge on any atom is 0.216 e. The lowest BCUT2D eigenvalue weighted by Gasteiger charge is -2.15. The first-order valence-electron chi connectivity index (χ1n) is 4.61. The zero-order valence-electron chi connectivity index (χ0n) is 8.38. The Kier molecular flexibility index (Phi) is 4.67. The van der Waals surface area contributed by atoms with Gasteiger partial charge in [0.2, 0.25) is 5.91 Å². The summed E-state index contributed by atoms with van der Waals surface area (Å²) in [5, 5.41) is 24.0. The number of rotatable bonds is 5. The lowest BCUT2D eigenvalue weighted by atomic mass is 10.1. The smallest absolute Gasteiger partial charge is 0.216 e. The molecule has 15 heavy (non-hydrogen) atoms. The number of nitrogens with one attached hydrogen (secondary N) is 1. The fourth-order valence-electron chi connectivity index (χ4n) is 1.10. The van der Waals surface area contributed by atoms with E-state index < -0.39 is 12.2 Å².